The summed E-state index contributed by atoms with van der Waals surface area (Å²) in [4.78, 5) is 43.5. The summed E-state index contributed by atoms with van der Waals surface area (Å²) in [5.74, 6) is -0.780. The van der Waals surface area contributed by atoms with E-state index in [-0.39, 0.29) is 22.5 Å². The first-order chi connectivity index (χ1) is 14.4. The third kappa shape index (κ3) is 3.40. The van der Waals surface area contributed by atoms with Crippen molar-refractivity contribution in [2.75, 3.05) is 17.3 Å². The quantitative estimate of drug-likeness (QED) is 0.640. The Labute approximate surface area is 177 Å². The van der Waals surface area contributed by atoms with Gasteiger partial charge in [-0.25, -0.2) is 9.88 Å². The molecule has 150 valence electrons. The van der Waals surface area contributed by atoms with E-state index in [4.69, 9.17) is 16.3 Å². The van der Waals surface area contributed by atoms with E-state index in [1.54, 1.807) is 30.3 Å². The predicted molar refractivity (Wildman–Crippen MR) is 113 cm³/mol. The van der Waals surface area contributed by atoms with E-state index in [0.29, 0.717) is 16.5 Å². The zero-order valence-electron chi connectivity index (χ0n) is 16.1. The monoisotopic (exact) mass is 421 g/mol. The summed E-state index contributed by atoms with van der Waals surface area (Å²) in [7, 11) is 1.48. The predicted octanol–water partition coefficient (Wildman–Crippen LogP) is 4.10. The number of nitrogens with one attached hydrogen (secondary N) is 1. The molecule has 0 bridgehead atoms. The van der Waals surface area contributed by atoms with Gasteiger partial charge in [0.1, 0.15) is 11.6 Å². The van der Waals surface area contributed by atoms with E-state index in [2.05, 4.69) is 10.3 Å². The highest BCUT2D eigenvalue weighted by Crippen LogP contribution is 2.30. The smallest absolute Gasteiger partial charge is 0.267 e. The van der Waals surface area contributed by atoms with Crippen LogP contribution >= 0.6 is 11.6 Å². The Kier molecular flexibility index (Phi) is 4.97. The van der Waals surface area contributed by atoms with E-state index in [0.717, 1.165) is 10.5 Å². The van der Waals surface area contributed by atoms with E-state index < -0.39 is 17.7 Å². The van der Waals surface area contributed by atoms with Gasteiger partial charge in [0, 0.05) is 16.8 Å². The Hall–Kier alpha value is -3.71. The fraction of sp³-hybridized carbons (Fsp3) is 0.0909. The molecular formula is C22H16ClN3O4. The van der Waals surface area contributed by atoms with Gasteiger partial charge in [0.05, 0.1) is 23.9 Å². The summed E-state index contributed by atoms with van der Waals surface area (Å²) in [6.45, 7) is 1.84. The fourth-order valence-corrected chi connectivity index (χ4v) is 3.38. The number of aromatic nitrogens is 1. The Morgan fingerprint density at radius 1 is 1.03 bits per heavy atom. The number of imide groups is 1. The van der Waals surface area contributed by atoms with Crippen molar-refractivity contribution in [2.24, 2.45) is 0 Å². The van der Waals surface area contributed by atoms with Crippen LogP contribution in [0.3, 0.4) is 0 Å². The number of benzene rings is 2. The average Bonchev–Trinajstić information content (AvgIpc) is 2.98. The number of aryl methyl sites for hydroxylation is 1. The third-order valence-corrected chi connectivity index (χ3v) is 4.92. The molecule has 2 heterocycles. The first-order valence-electron chi connectivity index (χ1n) is 8.99. The van der Waals surface area contributed by atoms with E-state index in [1.807, 2.05) is 6.92 Å². The number of halogens is 1. The standard InChI is InChI=1S/C22H16ClN3O4/c1-12-7-8-24-19(9-12)26-21(28)15-5-3-13(10-16(15)22(26)29)20(27)25-17-11-14(23)4-6-18(17)30-2/h3-11H,1-2H3,(H,25,27). The number of ether oxygens (including phenoxy) is 1. The molecule has 8 heteroatoms. The maximum absolute atomic E-state index is 12.9. The first-order valence-corrected chi connectivity index (χ1v) is 9.37. The van der Waals surface area contributed by atoms with E-state index in [9.17, 15) is 14.4 Å². The molecule has 3 amide bonds. The molecule has 7 nitrogen and oxygen atoms in total. The van der Waals surface area contributed by atoms with Gasteiger partial charge in [-0.2, -0.15) is 0 Å². The third-order valence-electron chi connectivity index (χ3n) is 4.69. The van der Waals surface area contributed by atoms with Crippen LogP contribution in [0.25, 0.3) is 0 Å². The van der Waals surface area contributed by atoms with Crippen LogP contribution in [-0.4, -0.2) is 29.8 Å². The summed E-state index contributed by atoms with van der Waals surface area (Å²) >= 11 is 6.00. The second-order valence-electron chi connectivity index (χ2n) is 6.70. The molecule has 1 aliphatic rings. The Morgan fingerprint density at radius 3 is 2.53 bits per heavy atom. The number of carbonyl (C=O) groups is 3. The lowest BCUT2D eigenvalue weighted by atomic mass is 10.1. The molecule has 3 aromatic rings. The molecule has 1 N–H and O–H groups in total. The second-order valence-corrected chi connectivity index (χ2v) is 7.13. The average molecular weight is 422 g/mol. The summed E-state index contributed by atoms with van der Waals surface area (Å²) in [6, 6.07) is 12.6. The molecule has 0 saturated carbocycles. The highest BCUT2D eigenvalue weighted by atomic mass is 35.5. The largest absolute Gasteiger partial charge is 0.495 e. The number of hydrogen-bond donors (Lipinski definition) is 1. The van der Waals surface area contributed by atoms with Gasteiger partial charge < -0.3 is 10.1 Å². The molecule has 0 unspecified atom stereocenters. The molecule has 0 spiro atoms. The van der Waals surface area contributed by atoms with Crippen molar-refractivity contribution in [3.63, 3.8) is 0 Å². The number of carbonyl (C=O) groups excluding carboxylic acids is 3. The van der Waals surface area contributed by atoms with Crippen molar-refractivity contribution in [2.45, 2.75) is 6.92 Å². The van der Waals surface area contributed by atoms with Gasteiger partial charge in [-0.15, -0.1) is 0 Å². The van der Waals surface area contributed by atoms with Crippen LogP contribution in [-0.2, 0) is 0 Å². The minimum Gasteiger partial charge on any atom is -0.495 e. The number of rotatable bonds is 4. The number of fused-ring (bicyclic) bond motifs is 1. The normalized spacial score (nSPS) is 12.7. The highest BCUT2D eigenvalue weighted by Gasteiger charge is 2.38. The lowest BCUT2D eigenvalue weighted by Crippen LogP contribution is -2.30. The van der Waals surface area contributed by atoms with Crippen molar-refractivity contribution >= 4 is 40.8 Å². The molecule has 2 aromatic carbocycles. The summed E-state index contributed by atoms with van der Waals surface area (Å²) in [6.07, 6.45) is 1.53. The molecular weight excluding hydrogens is 406 g/mol. The minimum absolute atomic E-state index is 0.147. The van der Waals surface area contributed by atoms with Crippen molar-refractivity contribution in [1.29, 1.82) is 0 Å². The number of methoxy groups -OCH3 is 1. The van der Waals surface area contributed by atoms with Crippen LogP contribution in [0, 0.1) is 6.92 Å². The van der Waals surface area contributed by atoms with Gasteiger partial charge in [0.25, 0.3) is 17.7 Å². The number of anilines is 2. The number of pyridine rings is 1. The van der Waals surface area contributed by atoms with Gasteiger partial charge in [0.15, 0.2) is 0 Å². The minimum atomic E-state index is -0.525. The molecule has 0 fully saturated rings. The van der Waals surface area contributed by atoms with Crippen molar-refractivity contribution in [3.8, 4) is 5.75 Å². The lowest BCUT2D eigenvalue weighted by molar-refractivity contribution is 0.0924. The maximum atomic E-state index is 12.9. The van der Waals surface area contributed by atoms with E-state index in [1.165, 1.54) is 31.5 Å². The van der Waals surface area contributed by atoms with Gasteiger partial charge >= 0.3 is 0 Å². The molecule has 0 aliphatic carbocycles. The van der Waals surface area contributed by atoms with Gasteiger partial charge in [0.2, 0.25) is 0 Å². The second kappa shape index (κ2) is 7.61. The topological polar surface area (TPSA) is 88.6 Å². The van der Waals surface area contributed by atoms with Gasteiger partial charge in [-0.3, -0.25) is 14.4 Å². The van der Waals surface area contributed by atoms with Crippen LogP contribution in [0.2, 0.25) is 5.02 Å². The molecule has 0 radical (unpaired) electrons. The zero-order valence-corrected chi connectivity index (χ0v) is 16.9. The zero-order chi connectivity index (χ0) is 21.4. The first kappa shape index (κ1) is 19.6. The van der Waals surface area contributed by atoms with Crippen LogP contribution in [0.4, 0.5) is 11.5 Å². The maximum Gasteiger partial charge on any atom is 0.267 e. The van der Waals surface area contributed by atoms with Gasteiger partial charge in [-0.05, 0) is 61.0 Å². The molecule has 0 saturated heterocycles. The van der Waals surface area contributed by atoms with Crippen molar-refractivity contribution < 1.29 is 19.1 Å². The Bertz CT molecular complexity index is 1210. The van der Waals surface area contributed by atoms with Crippen molar-refractivity contribution in [3.05, 3.63) is 82.0 Å². The molecule has 0 atom stereocenters. The Morgan fingerprint density at radius 2 is 1.80 bits per heavy atom. The van der Waals surface area contributed by atoms with Gasteiger partial charge in [-0.1, -0.05) is 11.6 Å². The molecule has 1 aromatic heterocycles. The molecule has 4 rings (SSSR count). The summed E-state index contributed by atoms with van der Waals surface area (Å²) in [5.41, 5.74) is 1.85. The van der Waals surface area contributed by atoms with Crippen LogP contribution in [0.1, 0.15) is 36.6 Å². The van der Waals surface area contributed by atoms with E-state index >= 15 is 0 Å². The number of nitrogens with zero attached hydrogens (tertiary/aromatic N) is 2. The summed E-state index contributed by atoms with van der Waals surface area (Å²) < 4.78 is 5.23. The molecule has 30 heavy (non-hydrogen) atoms. The lowest BCUT2D eigenvalue weighted by Gasteiger charge is -2.12. The number of amides is 3. The van der Waals surface area contributed by atoms with Crippen LogP contribution in [0.15, 0.2) is 54.7 Å². The SMILES string of the molecule is COc1ccc(Cl)cc1NC(=O)c1ccc2c(c1)C(=O)N(c1cc(C)ccn1)C2=O. The number of hydrogen-bond acceptors (Lipinski definition) is 5. The van der Waals surface area contributed by atoms with Crippen LogP contribution in [0.5, 0.6) is 5.75 Å². The highest BCUT2D eigenvalue weighted by molar-refractivity contribution is 6.34. The van der Waals surface area contributed by atoms with Crippen LogP contribution < -0.4 is 15.0 Å². The fourth-order valence-electron chi connectivity index (χ4n) is 3.21. The summed E-state index contributed by atoms with van der Waals surface area (Å²) in [5, 5.41) is 3.15. The Balaban J connectivity index is 1.65. The molecule has 1 aliphatic heterocycles. The van der Waals surface area contributed by atoms with Crippen molar-refractivity contribution in [1.82, 2.24) is 4.98 Å².